The molecule has 0 spiro atoms. The molecule has 0 saturated heterocycles. The van der Waals surface area contributed by atoms with Crippen LogP contribution in [-0.4, -0.2) is 43.4 Å². The molecule has 0 saturated carbocycles. The molecule has 1 amide bonds. The first-order valence-electron chi connectivity index (χ1n) is 4.22. The van der Waals surface area contributed by atoms with Crippen LogP contribution in [0.15, 0.2) is 0 Å². The van der Waals surface area contributed by atoms with Crippen LogP contribution in [-0.2, 0) is 4.79 Å². The number of nitrogens with one attached hydrogen (secondary N) is 1. The van der Waals surface area contributed by atoms with Gasteiger partial charge in [-0.05, 0) is 13.6 Å². The van der Waals surface area contributed by atoms with Crippen LogP contribution in [0, 0.1) is 0 Å². The zero-order valence-electron chi connectivity index (χ0n) is 7.77. The summed E-state index contributed by atoms with van der Waals surface area (Å²) in [5.74, 6) is 0.435. The second-order valence-corrected chi connectivity index (χ2v) is 3.06. The summed E-state index contributed by atoms with van der Waals surface area (Å²) in [4.78, 5) is 13.0. The second-order valence-electron chi connectivity index (χ2n) is 2.68. The monoisotopic (exact) mass is 192 g/mol. The molecule has 3 nitrogen and oxygen atoms in total. The topological polar surface area (TPSA) is 32.3 Å². The molecule has 0 atom stereocenters. The smallest absolute Gasteiger partial charge is 0.221 e. The quantitative estimate of drug-likeness (QED) is 0.628. The number of hydrogen-bond donors (Lipinski definition) is 1. The zero-order chi connectivity index (χ0) is 9.40. The van der Waals surface area contributed by atoms with Crippen LogP contribution in [0.4, 0.5) is 0 Å². The summed E-state index contributed by atoms with van der Waals surface area (Å²) < 4.78 is 0. The molecule has 0 fully saturated rings. The Morgan fingerprint density at radius 3 is 2.75 bits per heavy atom. The van der Waals surface area contributed by atoms with Crippen LogP contribution >= 0.6 is 11.6 Å². The van der Waals surface area contributed by atoms with Gasteiger partial charge in [-0.25, -0.2) is 0 Å². The van der Waals surface area contributed by atoms with Gasteiger partial charge in [0.1, 0.15) is 0 Å². The highest BCUT2D eigenvalue weighted by molar-refractivity contribution is 6.18. The van der Waals surface area contributed by atoms with Crippen molar-refractivity contribution in [3.05, 3.63) is 0 Å². The minimum Gasteiger partial charge on any atom is -0.355 e. The summed E-state index contributed by atoms with van der Waals surface area (Å²) in [5.41, 5.74) is 0. The number of nitrogens with zero attached hydrogens (tertiary/aromatic N) is 1. The highest BCUT2D eigenvalue weighted by atomic mass is 35.5. The molecule has 0 heterocycles. The summed E-state index contributed by atoms with van der Waals surface area (Å²) in [7, 11) is 2.02. The van der Waals surface area contributed by atoms with Gasteiger partial charge in [0.15, 0.2) is 0 Å². The lowest BCUT2D eigenvalue weighted by Gasteiger charge is -2.13. The van der Waals surface area contributed by atoms with E-state index in [1.807, 2.05) is 7.05 Å². The molecule has 0 aliphatic heterocycles. The Labute approximate surface area is 79.1 Å². The third kappa shape index (κ3) is 6.43. The van der Waals surface area contributed by atoms with E-state index in [2.05, 4.69) is 17.1 Å². The number of alkyl halides is 1. The highest BCUT2D eigenvalue weighted by Gasteiger charge is 1.99. The normalized spacial score (nSPS) is 10.3. The van der Waals surface area contributed by atoms with Gasteiger partial charge < -0.3 is 10.2 Å². The van der Waals surface area contributed by atoms with Crippen molar-refractivity contribution in [1.29, 1.82) is 0 Å². The van der Waals surface area contributed by atoms with Crippen molar-refractivity contribution < 1.29 is 4.79 Å². The molecule has 72 valence electrons. The molecule has 0 rings (SSSR count). The van der Waals surface area contributed by atoms with E-state index >= 15 is 0 Å². The lowest BCUT2D eigenvalue weighted by molar-refractivity contribution is -0.120. The second kappa shape index (κ2) is 7.37. The van der Waals surface area contributed by atoms with Crippen molar-refractivity contribution in [2.75, 3.05) is 32.6 Å². The van der Waals surface area contributed by atoms with Gasteiger partial charge >= 0.3 is 0 Å². The first-order chi connectivity index (χ1) is 5.70. The Bertz CT molecular complexity index is 130. The summed E-state index contributed by atoms with van der Waals surface area (Å²) in [5, 5.41) is 2.78. The molecular weight excluding hydrogens is 176 g/mol. The Morgan fingerprint density at radius 2 is 2.25 bits per heavy atom. The number of carbonyl (C=O) groups excluding carboxylic acids is 1. The number of carbonyl (C=O) groups is 1. The minimum atomic E-state index is 0.0366. The maximum absolute atomic E-state index is 10.9. The molecule has 0 bridgehead atoms. The van der Waals surface area contributed by atoms with E-state index < -0.39 is 0 Å². The largest absolute Gasteiger partial charge is 0.355 e. The number of amides is 1. The molecule has 0 aliphatic carbocycles. The molecule has 0 aliphatic rings. The van der Waals surface area contributed by atoms with E-state index in [1.54, 1.807) is 0 Å². The van der Waals surface area contributed by atoms with Crippen LogP contribution in [0.25, 0.3) is 0 Å². The Kier molecular flexibility index (Phi) is 7.20. The average Bonchev–Trinajstić information content (AvgIpc) is 2.04. The standard InChI is InChI=1S/C8H17ClN2O/c1-3-11(2)7-6-10-8(12)4-5-9/h3-7H2,1-2H3,(H,10,12). The zero-order valence-corrected chi connectivity index (χ0v) is 8.52. The maximum Gasteiger partial charge on any atom is 0.221 e. The van der Waals surface area contributed by atoms with E-state index in [1.165, 1.54) is 0 Å². The third-order valence-corrected chi connectivity index (χ3v) is 1.87. The number of likely N-dealkylation sites (N-methyl/N-ethyl adjacent to an activating group) is 1. The molecule has 0 aromatic rings. The van der Waals surface area contributed by atoms with Gasteiger partial charge in [0, 0.05) is 25.4 Å². The molecule has 0 aromatic carbocycles. The number of hydrogen-bond acceptors (Lipinski definition) is 2. The molecule has 0 unspecified atom stereocenters. The summed E-state index contributed by atoms with van der Waals surface area (Å²) in [6.07, 6.45) is 0.414. The minimum absolute atomic E-state index is 0.0366. The molecule has 12 heavy (non-hydrogen) atoms. The van der Waals surface area contributed by atoms with Crippen molar-refractivity contribution in [3.63, 3.8) is 0 Å². The van der Waals surface area contributed by atoms with Gasteiger partial charge in [-0.2, -0.15) is 0 Å². The number of rotatable bonds is 6. The predicted molar refractivity (Wildman–Crippen MR) is 51.5 cm³/mol. The lowest BCUT2D eigenvalue weighted by atomic mass is 10.4. The molecular formula is C8H17ClN2O. The molecule has 1 N–H and O–H groups in total. The van der Waals surface area contributed by atoms with Gasteiger partial charge in [-0.3, -0.25) is 4.79 Å². The highest BCUT2D eigenvalue weighted by Crippen LogP contribution is 1.84. The van der Waals surface area contributed by atoms with E-state index in [4.69, 9.17) is 11.6 Å². The van der Waals surface area contributed by atoms with Crippen LogP contribution in [0.1, 0.15) is 13.3 Å². The van der Waals surface area contributed by atoms with Crippen molar-refractivity contribution in [1.82, 2.24) is 10.2 Å². The maximum atomic E-state index is 10.9. The third-order valence-electron chi connectivity index (χ3n) is 1.68. The van der Waals surface area contributed by atoms with Crippen LogP contribution in [0.2, 0.25) is 0 Å². The summed E-state index contributed by atoms with van der Waals surface area (Å²) in [6, 6.07) is 0. The Balaban J connectivity index is 3.24. The Hall–Kier alpha value is -0.280. The van der Waals surface area contributed by atoms with Crippen LogP contribution in [0.5, 0.6) is 0 Å². The van der Waals surface area contributed by atoms with Crippen molar-refractivity contribution in [3.8, 4) is 0 Å². The average molecular weight is 193 g/mol. The fourth-order valence-corrected chi connectivity index (χ4v) is 0.890. The summed E-state index contributed by atoms with van der Waals surface area (Å²) in [6.45, 7) is 4.69. The van der Waals surface area contributed by atoms with E-state index in [9.17, 15) is 4.79 Å². The van der Waals surface area contributed by atoms with Crippen molar-refractivity contribution in [2.24, 2.45) is 0 Å². The first kappa shape index (κ1) is 11.7. The SMILES string of the molecule is CCN(C)CCNC(=O)CCCl. The Morgan fingerprint density at radius 1 is 1.58 bits per heavy atom. The molecule has 0 radical (unpaired) electrons. The van der Waals surface area contributed by atoms with Crippen molar-refractivity contribution in [2.45, 2.75) is 13.3 Å². The van der Waals surface area contributed by atoms with Crippen molar-refractivity contribution >= 4 is 17.5 Å². The lowest BCUT2D eigenvalue weighted by Crippen LogP contribution is -2.32. The number of halogens is 1. The van der Waals surface area contributed by atoms with Gasteiger partial charge in [-0.1, -0.05) is 6.92 Å². The molecule has 4 heteroatoms. The van der Waals surface area contributed by atoms with Gasteiger partial charge in [0.25, 0.3) is 0 Å². The predicted octanol–water partition coefficient (Wildman–Crippen LogP) is 0.683. The summed E-state index contributed by atoms with van der Waals surface area (Å²) >= 11 is 5.39. The fourth-order valence-electron chi connectivity index (χ4n) is 0.719. The van der Waals surface area contributed by atoms with E-state index in [0.717, 1.165) is 13.1 Å². The van der Waals surface area contributed by atoms with E-state index in [-0.39, 0.29) is 5.91 Å². The van der Waals surface area contributed by atoms with Crippen LogP contribution in [0.3, 0.4) is 0 Å². The van der Waals surface area contributed by atoms with E-state index in [0.29, 0.717) is 18.8 Å². The van der Waals surface area contributed by atoms with Gasteiger partial charge in [0.2, 0.25) is 5.91 Å². The fraction of sp³-hybridized carbons (Fsp3) is 0.875. The van der Waals surface area contributed by atoms with Crippen LogP contribution < -0.4 is 5.32 Å². The van der Waals surface area contributed by atoms with Gasteiger partial charge in [-0.15, -0.1) is 11.6 Å². The van der Waals surface area contributed by atoms with Gasteiger partial charge in [0.05, 0.1) is 0 Å². The molecule has 0 aromatic heterocycles. The first-order valence-corrected chi connectivity index (χ1v) is 4.75.